The van der Waals surface area contributed by atoms with Crippen LogP contribution >= 0.6 is 0 Å². The zero-order chi connectivity index (χ0) is 18.2. The van der Waals surface area contributed by atoms with Gasteiger partial charge in [-0.15, -0.1) is 0 Å². The number of esters is 1. The highest BCUT2D eigenvalue weighted by Crippen LogP contribution is 2.08. The van der Waals surface area contributed by atoms with Gasteiger partial charge < -0.3 is 14.8 Å². The highest BCUT2D eigenvalue weighted by Gasteiger charge is 2.16. The van der Waals surface area contributed by atoms with Crippen LogP contribution < -0.4 is 5.32 Å². The molecule has 0 radical (unpaired) electrons. The van der Waals surface area contributed by atoms with Gasteiger partial charge in [-0.1, -0.05) is 12.1 Å². The van der Waals surface area contributed by atoms with Gasteiger partial charge in [0.05, 0.1) is 5.56 Å². The van der Waals surface area contributed by atoms with E-state index in [9.17, 15) is 18.8 Å². The molecule has 1 rings (SSSR count). The molecule has 0 fully saturated rings. The lowest BCUT2D eigenvalue weighted by Gasteiger charge is -2.19. The van der Waals surface area contributed by atoms with Crippen molar-refractivity contribution >= 4 is 17.8 Å². The molecule has 0 atom stereocenters. The quantitative estimate of drug-likeness (QED) is 0.469. The molecular weight excluding hydrogens is 317 g/mol. The molecule has 1 amide bonds. The van der Waals surface area contributed by atoms with Crippen molar-refractivity contribution in [3.63, 3.8) is 0 Å². The summed E-state index contributed by atoms with van der Waals surface area (Å²) in [6, 6.07) is 5.49. The molecule has 0 saturated heterocycles. The predicted molar refractivity (Wildman–Crippen MR) is 85.2 cm³/mol. The fraction of sp³-hybridized carbons (Fsp3) is 0.471. The number of halogens is 1. The van der Waals surface area contributed by atoms with E-state index in [2.05, 4.69) is 5.32 Å². The number of hydrogen-bond acceptors (Lipinski definition) is 5. The number of rotatable bonds is 7. The van der Waals surface area contributed by atoms with Crippen molar-refractivity contribution in [2.24, 2.45) is 0 Å². The van der Waals surface area contributed by atoms with Crippen LogP contribution in [-0.4, -0.2) is 36.6 Å². The minimum Gasteiger partial charge on any atom is -0.457 e. The standard InChI is InChI=1S/C17H22FNO5/c1-17(2,3)24-16(22)19-10-6-9-15(21)23-11-14(20)12-7-4-5-8-13(12)18/h4-5,7-8H,6,9-11H2,1-3H3,(H,19,22). The maximum atomic E-state index is 13.4. The van der Waals surface area contributed by atoms with Crippen LogP contribution in [0.2, 0.25) is 0 Å². The first-order valence-electron chi connectivity index (χ1n) is 7.59. The zero-order valence-corrected chi connectivity index (χ0v) is 14.1. The molecule has 1 N–H and O–H groups in total. The number of nitrogens with one attached hydrogen (secondary N) is 1. The van der Waals surface area contributed by atoms with Gasteiger partial charge in [-0.05, 0) is 39.3 Å². The highest BCUT2D eigenvalue weighted by atomic mass is 19.1. The van der Waals surface area contributed by atoms with Gasteiger partial charge in [-0.25, -0.2) is 9.18 Å². The van der Waals surface area contributed by atoms with Gasteiger partial charge in [-0.3, -0.25) is 9.59 Å². The summed E-state index contributed by atoms with van der Waals surface area (Å²) in [6.45, 7) is 4.97. The second-order valence-corrected chi connectivity index (χ2v) is 6.10. The summed E-state index contributed by atoms with van der Waals surface area (Å²) in [5.41, 5.74) is -0.701. The molecule has 6 nitrogen and oxygen atoms in total. The van der Waals surface area contributed by atoms with E-state index in [0.29, 0.717) is 6.42 Å². The zero-order valence-electron chi connectivity index (χ0n) is 14.1. The van der Waals surface area contributed by atoms with E-state index >= 15 is 0 Å². The van der Waals surface area contributed by atoms with Gasteiger partial charge in [-0.2, -0.15) is 0 Å². The minimum absolute atomic E-state index is 0.0281. The van der Waals surface area contributed by atoms with Crippen LogP contribution in [0.25, 0.3) is 0 Å². The monoisotopic (exact) mass is 339 g/mol. The molecule has 0 aliphatic heterocycles. The molecule has 132 valence electrons. The number of benzene rings is 1. The summed E-state index contributed by atoms with van der Waals surface area (Å²) in [4.78, 5) is 34.6. The van der Waals surface area contributed by atoms with Crippen LogP contribution in [0.3, 0.4) is 0 Å². The number of ether oxygens (including phenoxy) is 2. The number of carbonyl (C=O) groups excluding carboxylic acids is 3. The third-order valence-corrected chi connectivity index (χ3v) is 2.76. The lowest BCUT2D eigenvalue weighted by molar-refractivity contribution is -0.142. The number of carbonyl (C=O) groups is 3. The van der Waals surface area contributed by atoms with E-state index in [4.69, 9.17) is 9.47 Å². The molecule has 1 aromatic rings. The normalized spacial score (nSPS) is 10.8. The van der Waals surface area contributed by atoms with Crippen molar-refractivity contribution in [2.45, 2.75) is 39.2 Å². The molecule has 0 unspecified atom stereocenters. The summed E-state index contributed by atoms with van der Waals surface area (Å²) in [5.74, 6) is -1.85. The fourth-order valence-electron chi connectivity index (χ4n) is 1.72. The Balaban J connectivity index is 2.22. The lowest BCUT2D eigenvalue weighted by Crippen LogP contribution is -2.33. The molecule has 0 heterocycles. The SMILES string of the molecule is CC(C)(C)OC(=O)NCCCC(=O)OCC(=O)c1ccccc1F. The Labute approximate surface area is 140 Å². The molecule has 0 bridgehead atoms. The first-order chi connectivity index (χ1) is 11.2. The average Bonchev–Trinajstić information content (AvgIpc) is 2.48. The number of alkyl carbamates (subject to hydrolysis) is 1. The van der Waals surface area contributed by atoms with Gasteiger partial charge in [0, 0.05) is 13.0 Å². The number of hydrogen-bond donors (Lipinski definition) is 1. The first-order valence-corrected chi connectivity index (χ1v) is 7.59. The molecular formula is C17H22FNO5. The van der Waals surface area contributed by atoms with Crippen molar-refractivity contribution in [1.82, 2.24) is 5.32 Å². The summed E-state index contributed by atoms with van der Waals surface area (Å²) >= 11 is 0. The van der Waals surface area contributed by atoms with Crippen LogP contribution in [0, 0.1) is 5.82 Å². The van der Waals surface area contributed by atoms with Gasteiger partial charge >= 0.3 is 12.1 Å². The Kier molecular flexibility index (Phi) is 7.35. The first kappa shape index (κ1) is 19.6. The summed E-state index contributed by atoms with van der Waals surface area (Å²) in [5, 5.41) is 2.51. The van der Waals surface area contributed by atoms with Crippen molar-refractivity contribution in [2.75, 3.05) is 13.2 Å². The topological polar surface area (TPSA) is 81.7 Å². The largest absolute Gasteiger partial charge is 0.457 e. The van der Waals surface area contributed by atoms with Crippen LogP contribution in [-0.2, 0) is 14.3 Å². The third-order valence-electron chi connectivity index (χ3n) is 2.76. The maximum Gasteiger partial charge on any atom is 0.407 e. The van der Waals surface area contributed by atoms with Gasteiger partial charge in [0.2, 0.25) is 5.78 Å². The predicted octanol–water partition coefficient (Wildman–Crippen LogP) is 2.86. The van der Waals surface area contributed by atoms with Crippen molar-refractivity contribution in [3.8, 4) is 0 Å². The molecule has 0 aromatic heterocycles. The molecule has 0 aliphatic rings. The van der Waals surface area contributed by atoms with Crippen molar-refractivity contribution in [1.29, 1.82) is 0 Å². The van der Waals surface area contributed by atoms with Crippen LogP contribution in [0.5, 0.6) is 0 Å². The average molecular weight is 339 g/mol. The molecule has 0 saturated carbocycles. The lowest BCUT2D eigenvalue weighted by atomic mass is 10.1. The number of ketones is 1. The third kappa shape index (κ3) is 7.71. The second kappa shape index (κ2) is 9.00. The van der Waals surface area contributed by atoms with E-state index in [1.54, 1.807) is 20.8 Å². The molecule has 0 aliphatic carbocycles. The van der Waals surface area contributed by atoms with Crippen molar-refractivity contribution in [3.05, 3.63) is 35.6 Å². The van der Waals surface area contributed by atoms with Crippen LogP contribution in [0.15, 0.2) is 24.3 Å². The van der Waals surface area contributed by atoms with Crippen molar-refractivity contribution < 1.29 is 28.2 Å². The summed E-state index contributed by atoms with van der Waals surface area (Å²) in [6.07, 6.45) is -0.197. The Morgan fingerprint density at radius 1 is 1.17 bits per heavy atom. The van der Waals surface area contributed by atoms with E-state index in [0.717, 1.165) is 6.07 Å². The summed E-state index contributed by atoms with van der Waals surface area (Å²) in [7, 11) is 0. The maximum absolute atomic E-state index is 13.4. The highest BCUT2D eigenvalue weighted by molar-refractivity contribution is 5.98. The van der Waals surface area contributed by atoms with Gasteiger partial charge in [0.25, 0.3) is 0 Å². The van der Waals surface area contributed by atoms with E-state index in [-0.39, 0.29) is 18.5 Å². The molecule has 7 heteroatoms. The molecule has 24 heavy (non-hydrogen) atoms. The van der Waals surface area contributed by atoms with Crippen LogP contribution in [0.1, 0.15) is 44.0 Å². The second-order valence-electron chi connectivity index (χ2n) is 6.10. The van der Waals surface area contributed by atoms with Crippen LogP contribution in [0.4, 0.5) is 9.18 Å². The van der Waals surface area contributed by atoms with Gasteiger partial charge in [0.1, 0.15) is 11.4 Å². The Bertz CT molecular complexity index is 595. The van der Waals surface area contributed by atoms with E-state index in [1.165, 1.54) is 18.2 Å². The van der Waals surface area contributed by atoms with E-state index < -0.39 is 35.9 Å². The van der Waals surface area contributed by atoms with E-state index in [1.807, 2.05) is 0 Å². The molecule has 0 spiro atoms. The minimum atomic E-state index is -0.653. The Hall–Kier alpha value is -2.44. The Morgan fingerprint density at radius 2 is 1.83 bits per heavy atom. The van der Waals surface area contributed by atoms with Gasteiger partial charge in [0.15, 0.2) is 6.61 Å². The fourth-order valence-corrected chi connectivity index (χ4v) is 1.72. The summed E-state index contributed by atoms with van der Waals surface area (Å²) < 4.78 is 23.2. The molecule has 1 aromatic carbocycles. The number of Topliss-reactive ketones (excluding diaryl/α,β-unsaturated/α-hetero) is 1. The smallest absolute Gasteiger partial charge is 0.407 e. The Morgan fingerprint density at radius 3 is 2.46 bits per heavy atom. The number of amides is 1.